The second-order valence-corrected chi connectivity index (χ2v) is 6.65. The summed E-state index contributed by atoms with van der Waals surface area (Å²) in [7, 11) is 1.64. The molecule has 0 aliphatic heterocycles. The van der Waals surface area contributed by atoms with Crippen molar-refractivity contribution >= 4 is 17.7 Å². The van der Waals surface area contributed by atoms with E-state index in [4.69, 9.17) is 0 Å². The summed E-state index contributed by atoms with van der Waals surface area (Å²) >= 11 is 1.37. The summed E-state index contributed by atoms with van der Waals surface area (Å²) in [6.45, 7) is 2.09. The molecule has 2 aromatic carbocycles. The Bertz CT molecular complexity index is 678. The molecule has 0 bridgehead atoms. The number of benzene rings is 2. The van der Waals surface area contributed by atoms with E-state index in [1.165, 1.54) is 28.8 Å². The quantitative estimate of drug-likeness (QED) is 0.779. The van der Waals surface area contributed by atoms with Gasteiger partial charge in [-0.15, -0.1) is 11.8 Å². The van der Waals surface area contributed by atoms with Gasteiger partial charge in [0.2, 0.25) is 5.91 Å². The molecule has 0 radical (unpaired) electrons. The Kier molecular flexibility index (Phi) is 6.16. The van der Waals surface area contributed by atoms with Crippen LogP contribution in [0.2, 0.25) is 0 Å². The molecule has 0 N–H and O–H groups in total. The third-order valence-corrected chi connectivity index (χ3v) is 4.76. The fourth-order valence-electron chi connectivity index (χ4n) is 2.17. The number of carbonyl (C=O) groups excluding carboxylic acids is 1. The summed E-state index contributed by atoms with van der Waals surface area (Å²) in [5.74, 6) is -0.471. The van der Waals surface area contributed by atoms with Crippen molar-refractivity contribution in [1.82, 2.24) is 4.90 Å². The lowest BCUT2D eigenvalue weighted by atomic mass is 10.1. The maximum absolute atomic E-state index is 13.7. The molecule has 0 saturated heterocycles. The van der Waals surface area contributed by atoms with Gasteiger partial charge in [-0.25, -0.2) is 8.78 Å². The summed E-state index contributed by atoms with van der Waals surface area (Å²) < 4.78 is 27.3. The number of hydrogen-bond donors (Lipinski definition) is 0. The average molecular weight is 335 g/mol. The van der Waals surface area contributed by atoms with Crippen LogP contribution in [0.5, 0.6) is 0 Å². The smallest absolute Gasteiger partial charge is 0.232 e. The van der Waals surface area contributed by atoms with Crippen molar-refractivity contribution in [2.75, 3.05) is 12.8 Å². The highest BCUT2D eigenvalue weighted by Gasteiger charge is 2.16. The lowest BCUT2D eigenvalue weighted by Gasteiger charge is -2.19. The zero-order valence-electron chi connectivity index (χ0n) is 13.1. The molecule has 0 aromatic heterocycles. The molecule has 0 heterocycles. The molecule has 5 heteroatoms. The molecule has 1 amide bonds. The van der Waals surface area contributed by atoms with Gasteiger partial charge in [-0.3, -0.25) is 4.79 Å². The van der Waals surface area contributed by atoms with Gasteiger partial charge in [-0.05, 0) is 19.1 Å². The van der Waals surface area contributed by atoms with Crippen molar-refractivity contribution in [1.29, 1.82) is 0 Å². The first kappa shape index (κ1) is 17.5. The van der Waals surface area contributed by atoms with Crippen LogP contribution < -0.4 is 0 Å². The molecule has 0 saturated carbocycles. The fourth-order valence-corrected chi connectivity index (χ4v) is 3.16. The van der Waals surface area contributed by atoms with Crippen LogP contribution >= 0.6 is 11.8 Å². The second-order valence-electron chi connectivity index (χ2n) is 5.32. The van der Waals surface area contributed by atoms with Crippen LogP contribution in [-0.4, -0.2) is 23.6 Å². The zero-order chi connectivity index (χ0) is 16.8. The van der Waals surface area contributed by atoms with Crippen LogP contribution in [0.4, 0.5) is 8.78 Å². The van der Waals surface area contributed by atoms with Gasteiger partial charge in [-0.1, -0.05) is 36.4 Å². The van der Waals surface area contributed by atoms with Gasteiger partial charge < -0.3 is 4.90 Å². The monoisotopic (exact) mass is 335 g/mol. The van der Waals surface area contributed by atoms with Crippen molar-refractivity contribution in [3.63, 3.8) is 0 Å². The van der Waals surface area contributed by atoms with Crippen LogP contribution in [0.25, 0.3) is 0 Å². The molecular weight excluding hydrogens is 316 g/mol. The number of hydrogen-bond acceptors (Lipinski definition) is 2. The van der Waals surface area contributed by atoms with Crippen LogP contribution in [0.1, 0.15) is 23.3 Å². The third kappa shape index (κ3) is 4.79. The Hall–Kier alpha value is -1.88. The van der Waals surface area contributed by atoms with E-state index >= 15 is 0 Å². The first-order valence-electron chi connectivity index (χ1n) is 7.32. The maximum Gasteiger partial charge on any atom is 0.232 e. The van der Waals surface area contributed by atoms with Crippen LogP contribution in [0.15, 0.2) is 48.5 Å². The molecule has 0 aliphatic rings. The minimum absolute atomic E-state index is 0.110. The SMILES string of the molecule is CC(SCC(=O)N(C)Cc1ccccc1F)c1ccccc1F. The highest BCUT2D eigenvalue weighted by atomic mass is 32.2. The standard InChI is InChI=1S/C18H19F2NOS/c1-13(15-8-4-6-10-17(15)20)23-12-18(22)21(2)11-14-7-3-5-9-16(14)19/h3-10,13H,11-12H2,1-2H3. The Labute approximate surface area is 139 Å². The van der Waals surface area contributed by atoms with E-state index in [1.54, 1.807) is 43.4 Å². The molecule has 0 aliphatic carbocycles. The van der Waals surface area contributed by atoms with E-state index < -0.39 is 0 Å². The van der Waals surface area contributed by atoms with E-state index in [0.717, 1.165) is 0 Å². The number of rotatable bonds is 6. The number of halogens is 2. The van der Waals surface area contributed by atoms with Gasteiger partial charge in [0, 0.05) is 30.0 Å². The molecule has 0 fully saturated rings. The van der Waals surface area contributed by atoms with Gasteiger partial charge in [0.15, 0.2) is 0 Å². The summed E-state index contributed by atoms with van der Waals surface area (Å²) in [5.41, 5.74) is 1.07. The summed E-state index contributed by atoms with van der Waals surface area (Å²) in [5, 5.41) is -0.123. The van der Waals surface area contributed by atoms with Gasteiger partial charge >= 0.3 is 0 Å². The van der Waals surface area contributed by atoms with Crippen LogP contribution in [-0.2, 0) is 11.3 Å². The lowest BCUT2D eigenvalue weighted by molar-refractivity contribution is -0.127. The van der Waals surface area contributed by atoms with Gasteiger partial charge in [0.05, 0.1) is 5.75 Å². The van der Waals surface area contributed by atoms with E-state index in [2.05, 4.69) is 0 Å². The molecule has 1 unspecified atom stereocenters. The molecule has 2 rings (SSSR count). The van der Waals surface area contributed by atoms with Gasteiger partial charge in [0.1, 0.15) is 11.6 Å². The maximum atomic E-state index is 13.7. The van der Waals surface area contributed by atoms with Crippen molar-refractivity contribution in [3.05, 3.63) is 71.3 Å². The molecule has 2 aromatic rings. The predicted molar refractivity (Wildman–Crippen MR) is 90.1 cm³/mol. The lowest BCUT2D eigenvalue weighted by Crippen LogP contribution is -2.28. The van der Waals surface area contributed by atoms with Crippen molar-refractivity contribution in [2.45, 2.75) is 18.7 Å². The zero-order valence-corrected chi connectivity index (χ0v) is 13.9. The normalized spacial score (nSPS) is 12.0. The minimum atomic E-state index is -0.320. The number of nitrogens with zero attached hydrogens (tertiary/aromatic N) is 1. The summed E-state index contributed by atoms with van der Waals surface area (Å²) in [6.07, 6.45) is 0. The highest BCUT2D eigenvalue weighted by Crippen LogP contribution is 2.30. The number of amides is 1. The first-order valence-corrected chi connectivity index (χ1v) is 8.37. The molecule has 2 nitrogen and oxygen atoms in total. The Balaban J connectivity index is 1.89. The average Bonchev–Trinajstić information content (AvgIpc) is 2.54. The summed E-state index contributed by atoms with van der Waals surface area (Å²) in [6, 6.07) is 13.0. The Morgan fingerprint density at radius 1 is 1.09 bits per heavy atom. The second kappa shape index (κ2) is 8.11. The first-order chi connectivity index (χ1) is 11.0. The van der Waals surface area contributed by atoms with Crippen LogP contribution in [0.3, 0.4) is 0 Å². The largest absolute Gasteiger partial charge is 0.341 e. The van der Waals surface area contributed by atoms with Crippen molar-refractivity contribution in [2.24, 2.45) is 0 Å². The van der Waals surface area contributed by atoms with Gasteiger partial charge in [-0.2, -0.15) is 0 Å². The fraction of sp³-hybridized carbons (Fsp3) is 0.278. The molecular formula is C18H19F2NOS. The van der Waals surface area contributed by atoms with E-state index in [1.807, 2.05) is 6.92 Å². The van der Waals surface area contributed by atoms with E-state index in [0.29, 0.717) is 11.1 Å². The predicted octanol–water partition coefficient (Wildman–Crippen LogP) is 4.42. The topological polar surface area (TPSA) is 20.3 Å². The van der Waals surface area contributed by atoms with Crippen molar-refractivity contribution in [3.8, 4) is 0 Å². The molecule has 23 heavy (non-hydrogen) atoms. The van der Waals surface area contributed by atoms with Crippen LogP contribution in [0, 0.1) is 11.6 Å². The highest BCUT2D eigenvalue weighted by molar-refractivity contribution is 8.00. The number of thioether (sulfide) groups is 1. The summed E-state index contributed by atoms with van der Waals surface area (Å²) in [4.78, 5) is 13.7. The molecule has 122 valence electrons. The van der Waals surface area contributed by atoms with E-state index in [-0.39, 0.29) is 35.1 Å². The van der Waals surface area contributed by atoms with Crippen molar-refractivity contribution < 1.29 is 13.6 Å². The third-order valence-electron chi connectivity index (χ3n) is 3.59. The Morgan fingerprint density at radius 2 is 1.70 bits per heavy atom. The van der Waals surface area contributed by atoms with Gasteiger partial charge in [0.25, 0.3) is 0 Å². The van der Waals surface area contributed by atoms with E-state index in [9.17, 15) is 13.6 Å². The molecule has 1 atom stereocenters. The number of carbonyl (C=O) groups is 1. The minimum Gasteiger partial charge on any atom is -0.341 e. The Morgan fingerprint density at radius 3 is 2.35 bits per heavy atom. The molecule has 0 spiro atoms.